The van der Waals surface area contributed by atoms with Gasteiger partial charge in [0.1, 0.15) is 0 Å². The SMILES string of the molecule is CC.CCC.CN1CC2CNC[C@H]2C1. The van der Waals surface area contributed by atoms with Crippen molar-refractivity contribution in [1.29, 1.82) is 0 Å². The molecule has 2 atom stereocenters. The van der Waals surface area contributed by atoms with E-state index in [4.69, 9.17) is 0 Å². The summed E-state index contributed by atoms with van der Waals surface area (Å²) in [6, 6.07) is 0. The molecule has 1 unspecified atom stereocenters. The number of rotatable bonds is 0. The van der Waals surface area contributed by atoms with Gasteiger partial charge < -0.3 is 10.2 Å². The van der Waals surface area contributed by atoms with Crippen LogP contribution in [0.15, 0.2) is 0 Å². The van der Waals surface area contributed by atoms with E-state index in [-0.39, 0.29) is 0 Å². The molecule has 0 bridgehead atoms. The topological polar surface area (TPSA) is 15.3 Å². The Kier molecular flexibility index (Phi) is 8.20. The van der Waals surface area contributed by atoms with Gasteiger partial charge in [0.15, 0.2) is 0 Å². The summed E-state index contributed by atoms with van der Waals surface area (Å²) in [5.41, 5.74) is 0. The summed E-state index contributed by atoms with van der Waals surface area (Å²) in [4.78, 5) is 2.44. The first kappa shape index (κ1) is 13.9. The Labute approximate surface area is 90.1 Å². The van der Waals surface area contributed by atoms with Crippen LogP contribution < -0.4 is 5.32 Å². The Morgan fingerprint density at radius 2 is 1.43 bits per heavy atom. The maximum atomic E-state index is 3.42. The Bertz CT molecular complexity index is 113. The third-order valence-electron chi connectivity index (χ3n) is 2.57. The molecular weight excluding hydrogens is 172 g/mol. The van der Waals surface area contributed by atoms with Crippen molar-refractivity contribution >= 4 is 0 Å². The maximum Gasteiger partial charge on any atom is 0.00225 e. The van der Waals surface area contributed by atoms with Gasteiger partial charge in [-0.1, -0.05) is 34.1 Å². The Balaban J connectivity index is 0.000000294. The first-order valence-electron chi connectivity index (χ1n) is 6.17. The van der Waals surface area contributed by atoms with Crippen LogP contribution in [0, 0.1) is 11.8 Å². The summed E-state index contributed by atoms with van der Waals surface area (Å²) in [5.74, 6) is 1.94. The Morgan fingerprint density at radius 1 is 1.07 bits per heavy atom. The fourth-order valence-electron chi connectivity index (χ4n) is 2.09. The lowest BCUT2D eigenvalue weighted by atomic mass is 10.0. The second-order valence-electron chi connectivity index (χ2n) is 4.11. The molecule has 0 spiro atoms. The van der Waals surface area contributed by atoms with Gasteiger partial charge >= 0.3 is 0 Å². The minimum absolute atomic E-state index is 0.968. The van der Waals surface area contributed by atoms with E-state index in [0.717, 1.165) is 11.8 Å². The van der Waals surface area contributed by atoms with Crippen LogP contribution in [-0.4, -0.2) is 38.1 Å². The first-order chi connectivity index (χ1) is 6.77. The molecule has 2 saturated heterocycles. The zero-order valence-corrected chi connectivity index (χ0v) is 10.6. The lowest BCUT2D eigenvalue weighted by Crippen LogP contribution is -2.21. The highest BCUT2D eigenvalue weighted by atomic mass is 15.2. The van der Waals surface area contributed by atoms with Crippen molar-refractivity contribution in [2.75, 3.05) is 33.2 Å². The molecule has 86 valence electrons. The highest BCUT2D eigenvalue weighted by molar-refractivity contribution is 4.89. The average molecular weight is 200 g/mol. The van der Waals surface area contributed by atoms with E-state index in [1.807, 2.05) is 13.8 Å². The van der Waals surface area contributed by atoms with Gasteiger partial charge in [0.05, 0.1) is 0 Å². The van der Waals surface area contributed by atoms with Gasteiger partial charge in [0.2, 0.25) is 0 Å². The van der Waals surface area contributed by atoms with Gasteiger partial charge in [-0.2, -0.15) is 0 Å². The van der Waals surface area contributed by atoms with Gasteiger partial charge in [0, 0.05) is 13.1 Å². The number of likely N-dealkylation sites (tertiary alicyclic amines) is 1. The van der Waals surface area contributed by atoms with Crippen LogP contribution >= 0.6 is 0 Å². The highest BCUT2D eigenvalue weighted by Crippen LogP contribution is 2.24. The van der Waals surface area contributed by atoms with E-state index in [1.165, 1.54) is 32.6 Å². The fourth-order valence-corrected chi connectivity index (χ4v) is 2.09. The predicted octanol–water partition coefficient (Wildman–Crippen LogP) is 2.21. The van der Waals surface area contributed by atoms with Crippen molar-refractivity contribution in [1.82, 2.24) is 10.2 Å². The molecule has 0 radical (unpaired) electrons. The summed E-state index contributed by atoms with van der Waals surface area (Å²) in [6.07, 6.45) is 1.25. The van der Waals surface area contributed by atoms with E-state index in [2.05, 4.69) is 31.1 Å². The normalized spacial score (nSPS) is 29.8. The van der Waals surface area contributed by atoms with Gasteiger partial charge in [-0.3, -0.25) is 0 Å². The number of nitrogens with one attached hydrogen (secondary N) is 1. The quantitative estimate of drug-likeness (QED) is 0.645. The molecule has 2 heteroatoms. The molecule has 2 aliphatic heterocycles. The largest absolute Gasteiger partial charge is 0.316 e. The van der Waals surface area contributed by atoms with Gasteiger partial charge in [0.25, 0.3) is 0 Å². The third kappa shape index (κ3) is 4.43. The molecule has 0 aromatic heterocycles. The van der Waals surface area contributed by atoms with Crippen molar-refractivity contribution in [3.05, 3.63) is 0 Å². The van der Waals surface area contributed by atoms with Crippen molar-refractivity contribution in [2.24, 2.45) is 11.8 Å². The maximum absolute atomic E-state index is 3.42. The number of nitrogens with zero attached hydrogens (tertiary/aromatic N) is 1. The van der Waals surface area contributed by atoms with Crippen LogP contribution in [0.2, 0.25) is 0 Å². The van der Waals surface area contributed by atoms with Crippen molar-refractivity contribution < 1.29 is 0 Å². The van der Waals surface area contributed by atoms with E-state index < -0.39 is 0 Å². The number of hydrogen-bond donors (Lipinski definition) is 1. The molecular formula is C12H28N2. The third-order valence-corrected chi connectivity index (χ3v) is 2.57. The van der Waals surface area contributed by atoms with E-state index in [1.54, 1.807) is 0 Å². The van der Waals surface area contributed by atoms with Crippen LogP contribution in [0.5, 0.6) is 0 Å². The lowest BCUT2D eigenvalue weighted by Gasteiger charge is -2.07. The number of fused-ring (bicyclic) bond motifs is 1. The van der Waals surface area contributed by atoms with Crippen LogP contribution in [0.25, 0.3) is 0 Å². The molecule has 2 aliphatic rings. The number of hydrogen-bond acceptors (Lipinski definition) is 2. The molecule has 2 fully saturated rings. The van der Waals surface area contributed by atoms with E-state index in [9.17, 15) is 0 Å². The molecule has 0 amide bonds. The van der Waals surface area contributed by atoms with Gasteiger partial charge in [-0.25, -0.2) is 0 Å². The highest BCUT2D eigenvalue weighted by Gasteiger charge is 2.33. The monoisotopic (exact) mass is 200 g/mol. The first-order valence-corrected chi connectivity index (χ1v) is 6.17. The van der Waals surface area contributed by atoms with Crippen LogP contribution in [0.3, 0.4) is 0 Å². The molecule has 0 aliphatic carbocycles. The fraction of sp³-hybridized carbons (Fsp3) is 1.00. The molecule has 2 heterocycles. The van der Waals surface area contributed by atoms with E-state index in [0.29, 0.717) is 0 Å². The molecule has 14 heavy (non-hydrogen) atoms. The zero-order valence-electron chi connectivity index (χ0n) is 10.6. The minimum atomic E-state index is 0.968. The summed E-state index contributed by atoms with van der Waals surface area (Å²) in [5, 5.41) is 3.42. The predicted molar refractivity (Wildman–Crippen MR) is 64.7 cm³/mol. The van der Waals surface area contributed by atoms with Crippen LogP contribution in [-0.2, 0) is 0 Å². The minimum Gasteiger partial charge on any atom is -0.316 e. The standard InChI is InChI=1S/C7H14N2.C3H8.C2H6/c1-9-4-6-2-8-3-7(6)5-9;1-3-2;1-2/h6-8H,2-5H2,1H3;3H2,1-2H3;1-2H3/t6-,7?;;/m0../s1. The lowest BCUT2D eigenvalue weighted by molar-refractivity contribution is 0.382. The summed E-state index contributed by atoms with van der Waals surface area (Å²) in [7, 11) is 2.22. The molecule has 0 aromatic carbocycles. The molecule has 2 nitrogen and oxygen atoms in total. The van der Waals surface area contributed by atoms with Gasteiger partial charge in [-0.05, 0) is 32.0 Å². The Hall–Kier alpha value is -0.0800. The molecule has 0 saturated carbocycles. The Morgan fingerprint density at radius 3 is 1.79 bits per heavy atom. The molecule has 0 aromatic rings. The smallest absolute Gasteiger partial charge is 0.00225 e. The van der Waals surface area contributed by atoms with E-state index >= 15 is 0 Å². The zero-order chi connectivity index (χ0) is 11.0. The second kappa shape index (κ2) is 8.25. The summed E-state index contributed by atoms with van der Waals surface area (Å²) in [6.45, 7) is 13.4. The van der Waals surface area contributed by atoms with Gasteiger partial charge in [-0.15, -0.1) is 0 Å². The summed E-state index contributed by atoms with van der Waals surface area (Å²) < 4.78 is 0. The van der Waals surface area contributed by atoms with Crippen molar-refractivity contribution in [3.63, 3.8) is 0 Å². The second-order valence-corrected chi connectivity index (χ2v) is 4.11. The van der Waals surface area contributed by atoms with Crippen molar-refractivity contribution in [2.45, 2.75) is 34.1 Å². The summed E-state index contributed by atoms with van der Waals surface area (Å²) >= 11 is 0. The molecule has 2 rings (SSSR count). The van der Waals surface area contributed by atoms with Crippen LogP contribution in [0.1, 0.15) is 34.1 Å². The average Bonchev–Trinajstić information content (AvgIpc) is 2.69. The molecule has 1 N–H and O–H groups in total. The van der Waals surface area contributed by atoms with Crippen LogP contribution in [0.4, 0.5) is 0 Å². The van der Waals surface area contributed by atoms with Crippen molar-refractivity contribution in [3.8, 4) is 0 Å².